The second kappa shape index (κ2) is 6.08. The Hall–Kier alpha value is -1.89. The van der Waals surface area contributed by atoms with E-state index in [9.17, 15) is 9.59 Å². The third kappa shape index (κ3) is 2.85. The number of carbonyl (C=O) groups is 2. The minimum atomic E-state index is -0.109. The van der Waals surface area contributed by atoms with E-state index in [0.29, 0.717) is 13.0 Å². The van der Waals surface area contributed by atoms with Crippen LogP contribution in [0.25, 0.3) is 0 Å². The lowest BCUT2D eigenvalue weighted by Gasteiger charge is -2.37. The Balaban J connectivity index is 1.71. The lowest BCUT2D eigenvalue weighted by Crippen LogP contribution is -2.49. The molecule has 2 unspecified atom stereocenters. The summed E-state index contributed by atoms with van der Waals surface area (Å²) < 4.78 is 0. The van der Waals surface area contributed by atoms with E-state index in [1.165, 1.54) is 16.2 Å². The highest BCUT2D eigenvalue weighted by molar-refractivity contribution is 7.12. The highest BCUT2D eigenvalue weighted by Gasteiger charge is 2.34. The van der Waals surface area contributed by atoms with Crippen molar-refractivity contribution in [2.75, 3.05) is 20.1 Å². The maximum Gasteiger partial charge on any atom is 0.263 e. The number of nitrogens with two attached hydrogens (primary N) is 1. The number of nitrogens with zero attached hydrogens (tertiary/aromatic N) is 3. The lowest BCUT2D eigenvalue weighted by molar-refractivity contribution is -0.127. The van der Waals surface area contributed by atoms with Gasteiger partial charge in [0.05, 0.1) is 17.3 Å². The van der Waals surface area contributed by atoms with Crippen molar-refractivity contribution < 1.29 is 9.59 Å². The number of guanidine groups is 1. The van der Waals surface area contributed by atoms with Gasteiger partial charge in [0, 0.05) is 20.1 Å². The monoisotopic (exact) mass is 320 g/mol. The van der Waals surface area contributed by atoms with Crippen molar-refractivity contribution >= 4 is 29.1 Å². The maximum absolute atomic E-state index is 12.5. The van der Waals surface area contributed by atoms with Gasteiger partial charge in [-0.2, -0.15) is 0 Å². The second-order valence-electron chi connectivity index (χ2n) is 5.84. The average Bonchev–Trinajstić information content (AvgIpc) is 3.06. The topological polar surface area (TPSA) is 79.0 Å². The van der Waals surface area contributed by atoms with Crippen LogP contribution in [0, 0.1) is 5.92 Å². The van der Waals surface area contributed by atoms with Gasteiger partial charge in [-0.25, -0.2) is 4.99 Å². The molecular formula is C15H20N4O2S. The largest absolute Gasteiger partial charge is 0.369 e. The molecule has 1 saturated heterocycles. The molecule has 0 radical (unpaired) electrons. The summed E-state index contributed by atoms with van der Waals surface area (Å²) in [6.45, 7) is 1.42. The summed E-state index contributed by atoms with van der Waals surface area (Å²) >= 11 is 1.46. The van der Waals surface area contributed by atoms with Crippen molar-refractivity contribution in [2.45, 2.75) is 25.3 Å². The Kier molecular flexibility index (Phi) is 4.15. The molecule has 1 aromatic rings. The van der Waals surface area contributed by atoms with Crippen molar-refractivity contribution in [3.63, 3.8) is 0 Å². The third-order valence-electron chi connectivity index (χ3n) is 4.42. The van der Waals surface area contributed by atoms with Crippen molar-refractivity contribution in [3.8, 4) is 0 Å². The summed E-state index contributed by atoms with van der Waals surface area (Å²) in [6, 6.07) is 3.63. The molecule has 22 heavy (non-hydrogen) atoms. The van der Waals surface area contributed by atoms with Crippen LogP contribution in [-0.4, -0.2) is 53.8 Å². The lowest BCUT2D eigenvalue weighted by atomic mass is 9.88. The summed E-state index contributed by atoms with van der Waals surface area (Å²) in [7, 11) is 1.64. The zero-order chi connectivity index (χ0) is 15.7. The first-order chi connectivity index (χ1) is 10.6. The molecule has 3 rings (SSSR count). The van der Waals surface area contributed by atoms with E-state index in [0.717, 1.165) is 24.3 Å². The van der Waals surface area contributed by atoms with Gasteiger partial charge in [0.2, 0.25) is 5.91 Å². The summed E-state index contributed by atoms with van der Waals surface area (Å²) in [4.78, 5) is 32.9. The molecule has 2 aliphatic heterocycles. The number of rotatable bonds is 2. The zero-order valence-electron chi connectivity index (χ0n) is 12.6. The first kappa shape index (κ1) is 15.0. The van der Waals surface area contributed by atoms with Crippen molar-refractivity contribution in [3.05, 3.63) is 22.4 Å². The van der Waals surface area contributed by atoms with Gasteiger partial charge >= 0.3 is 0 Å². The summed E-state index contributed by atoms with van der Waals surface area (Å²) in [5, 5.41) is 1.91. The molecule has 2 N–H and O–H groups in total. The second-order valence-corrected chi connectivity index (χ2v) is 6.79. The molecule has 118 valence electrons. The van der Waals surface area contributed by atoms with Gasteiger partial charge in [-0.05, 0) is 30.2 Å². The minimum Gasteiger partial charge on any atom is -0.369 e. The fourth-order valence-corrected chi connectivity index (χ4v) is 3.77. The fourth-order valence-electron chi connectivity index (χ4n) is 3.08. The number of piperidine rings is 1. The number of likely N-dealkylation sites (tertiary alicyclic amines) is 1. The van der Waals surface area contributed by atoms with E-state index >= 15 is 0 Å². The Morgan fingerprint density at radius 2 is 2.32 bits per heavy atom. The quantitative estimate of drug-likeness (QED) is 0.887. The number of hydrogen-bond acceptors (Lipinski definition) is 5. The van der Waals surface area contributed by atoms with Crippen molar-refractivity contribution in [1.29, 1.82) is 0 Å². The van der Waals surface area contributed by atoms with E-state index in [2.05, 4.69) is 4.99 Å². The van der Waals surface area contributed by atoms with Crippen LogP contribution in [-0.2, 0) is 4.79 Å². The number of thiophene rings is 1. The van der Waals surface area contributed by atoms with E-state index in [1.807, 2.05) is 22.4 Å². The smallest absolute Gasteiger partial charge is 0.263 e. The van der Waals surface area contributed by atoms with Gasteiger partial charge in [0.15, 0.2) is 5.96 Å². The SMILES string of the molecule is CN1C(=O)CC(C2CCCN(C(=O)c3cccs3)C2)N=C1N. The number of aliphatic imine (C=N–C) groups is 1. The van der Waals surface area contributed by atoms with Crippen LogP contribution in [0.2, 0.25) is 0 Å². The van der Waals surface area contributed by atoms with Crippen LogP contribution in [0.15, 0.2) is 22.5 Å². The first-order valence-corrected chi connectivity index (χ1v) is 8.37. The summed E-state index contributed by atoms with van der Waals surface area (Å²) in [6.07, 6.45) is 2.30. The summed E-state index contributed by atoms with van der Waals surface area (Å²) in [5.41, 5.74) is 5.81. The average molecular weight is 320 g/mol. The predicted molar refractivity (Wildman–Crippen MR) is 85.7 cm³/mol. The van der Waals surface area contributed by atoms with Crippen molar-refractivity contribution in [2.24, 2.45) is 16.6 Å². The van der Waals surface area contributed by atoms with Crippen LogP contribution < -0.4 is 5.73 Å². The molecule has 7 heteroatoms. The Morgan fingerprint density at radius 1 is 1.50 bits per heavy atom. The number of carbonyl (C=O) groups excluding carboxylic acids is 2. The van der Waals surface area contributed by atoms with Crippen LogP contribution in [0.5, 0.6) is 0 Å². The van der Waals surface area contributed by atoms with E-state index in [1.54, 1.807) is 7.05 Å². The van der Waals surface area contributed by atoms with Crippen LogP contribution in [0.4, 0.5) is 0 Å². The zero-order valence-corrected chi connectivity index (χ0v) is 13.4. The van der Waals surface area contributed by atoms with Gasteiger partial charge in [-0.1, -0.05) is 6.07 Å². The molecule has 1 aromatic heterocycles. The predicted octanol–water partition coefficient (Wildman–Crippen LogP) is 1.15. The Bertz CT molecular complexity index is 599. The van der Waals surface area contributed by atoms with E-state index in [-0.39, 0.29) is 29.7 Å². The molecular weight excluding hydrogens is 300 g/mol. The minimum absolute atomic E-state index is 0.000734. The van der Waals surface area contributed by atoms with Crippen LogP contribution in [0.3, 0.4) is 0 Å². The molecule has 0 aliphatic carbocycles. The molecule has 1 fully saturated rings. The van der Waals surface area contributed by atoms with Gasteiger partial charge in [-0.3, -0.25) is 14.5 Å². The molecule has 2 atom stereocenters. The first-order valence-electron chi connectivity index (χ1n) is 7.49. The van der Waals surface area contributed by atoms with Gasteiger partial charge in [0.25, 0.3) is 5.91 Å². The van der Waals surface area contributed by atoms with Gasteiger partial charge in [-0.15, -0.1) is 11.3 Å². The molecule has 6 nitrogen and oxygen atoms in total. The molecule has 0 saturated carbocycles. The maximum atomic E-state index is 12.5. The third-order valence-corrected chi connectivity index (χ3v) is 5.28. The van der Waals surface area contributed by atoms with E-state index in [4.69, 9.17) is 5.73 Å². The van der Waals surface area contributed by atoms with Gasteiger partial charge < -0.3 is 10.6 Å². The van der Waals surface area contributed by atoms with Crippen LogP contribution in [0.1, 0.15) is 28.9 Å². The standard InChI is InChI=1S/C15H20N4O2S/c1-18-13(20)8-11(17-15(18)16)10-4-2-6-19(9-10)14(21)12-5-3-7-22-12/h3,5,7,10-11H,2,4,6,8-9H2,1H3,(H2,16,17). The van der Waals surface area contributed by atoms with Crippen molar-refractivity contribution in [1.82, 2.24) is 9.80 Å². The Morgan fingerprint density at radius 3 is 3.00 bits per heavy atom. The Labute approximate surface area is 133 Å². The van der Waals surface area contributed by atoms with Crippen LogP contribution >= 0.6 is 11.3 Å². The molecule has 3 heterocycles. The molecule has 2 amide bonds. The molecule has 0 spiro atoms. The molecule has 0 aromatic carbocycles. The molecule has 0 bridgehead atoms. The number of amides is 2. The summed E-state index contributed by atoms with van der Waals surface area (Å²) in [5.74, 6) is 0.562. The highest BCUT2D eigenvalue weighted by Crippen LogP contribution is 2.27. The van der Waals surface area contributed by atoms with E-state index < -0.39 is 0 Å². The normalized spacial score (nSPS) is 26.0. The highest BCUT2D eigenvalue weighted by atomic mass is 32.1. The van der Waals surface area contributed by atoms with Gasteiger partial charge in [0.1, 0.15) is 0 Å². The molecule has 2 aliphatic rings. The number of hydrogen-bond donors (Lipinski definition) is 1. The fraction of sp³-hybridized carbons (Fsp3) is 0.533.